The molecule has 1 spiro atoms. The summed E-state index contributed by atoms with van der Waals surface area (Å²) in [6.45, 7) is 10.9. The molecule has 3 aliphatic carbocycles. The van der Waals surface area contributed by atoms with E-state index in [4.69, 9.17) is 18.9 Å². The maximum atomic E-state index is 12.5. The molecule has 1 aliphatic heterocycles. The van der Waals surface area contributed by atoms with Crippen molar-refractivity contribution in [3.8, 4) is 0 Å². The fourth-order valence-electron chi connectivity index (χ4n) is 6.86. The minimum atomic E-state index is -0.960. The van der Waals surface area contributed by atoms with Crippen LogP contribution in [0, 0.1) is 28.6 Å². The Balaban J connectivity index is 1.79. The van der Waals surface area contributed by atoms with E-state index >= 15 is 0 Å². The summed E-state index contributed by atoms with van der Waals surface area (Å²) >= 11 is 0. The maximum absolute atomic E-state index is 12.5. The molecule has 0 amide bonds. The zero-order chi connectivity index (χ0) is 22.7. The zero-order valence-corrected chi connectivity index (χ0v) is 19.1. The second-order valence-corrected chi connectivity index (χ2v) is 10.2. The number of ether oxygens (including phenoxy) is 4. The lowest BCUT2D eigenvalue weighted by molar-refractivity contribution is -0.273. The van der Waals surface area contributed by atoms with Crippen molar-refractivity contribution in [1.29, 1.82) is 0 Å². The molecule has 170 valence electrons. The number of rotatable bonds is 4. The first-order chi connectivity index (χ1) is 14.5. The molecule has 2 saturated carbocycles. The van der Waals surface area contributed by atoms with E-state index in [0.29, 0.717) is 0 Å². The number of carbonyl (C=O) groups excluding carboxylic acids is 3. The molecule has 0 radical (unpaired) electrons. The van der Waals surface area contributed by atoms with E-state index in [1.54, 1.807) is 0 Å². The molecule has 3 fully saturated rings. The van der Waals surface area contributed by atoms with Gasteiger partial charge in [-0.15, -0.1) is 0 Å². The Morgan fingerprint density at radius 1 is 1.00 bits per heavy atom. The first-order valence-corrected chi connectivity index (χ1v) is 11.0. The summed E-state index contributed by atoms with van der Waals surface area (Å²) < 4.78 is 23.0. The molecule has 0 aromatic carbocycles. The van der Waals surface area contributed by atoms with Gasteiger partial charge < -0.3 is 14.2 Å². The lowest BCUT2D eigenvalue weighted by Gasteiger charge is -2.50. The molecule has 7 atom stereocenters. The summed E-state index contributed by atoms with van der Waals surface area (Å²) in [5, 5.41) is 0. The van der Waals surface area contributed by atoms with Gasteiger partial charge in [-0.05, 0) is 50.5 Å². The smallest absolute Gasteiger partial charge is 0.331 e. The molecule has 0 aromatic rings. The van der Waals surface area contributed by atoms with Crippen LogP contribution < -0.4 is 0 Å². The topological polar surface area (TPSA) is 88.1 Å². The molecule has 7 heteroatoms. The van der Waals surface area contributed by atoms with Gasteiger partial charge in [0, 0.05) is 42.7 Å². The van der Waals surface area contributed by atoms with Crippen molar-refractivity contribution in [3.63, 3.8) is 0 Å². The summed E-state index contributed by atoms with van der Waals surface area (Å²) in [7, 11) is 0. The first-order valence-electron chi connectivity index (χ1n) is 11.0. The van der Waals surface area contributed by atoms with Crippen molar-refractivity contribution < 1.29 is 33.3 Å². The summed E-state index contributed by atoms with van der Waals surface area (Å²) in [6.07, 6.45) is 3.89. The average Bonchev–Trinajstić information content (AvgIpc) is 3.08. The minimum Gasteiger partial charge on any atom is -0.455 e. The van der Waals surface area contributed by atoms with Crippen LogP contribution in [-0.4, -0.2) is 36.6 Å². The van der Waals surface area contributed by atoms with Gasteiger partial charge in [0.1, 0.15) is 6.10 Å². The summed E-state index contributed by atoms with van der Waals surface area (Å²) in [5.74, 6) is -0.883. The number of hydrogen-bond acceptors (Lipinski definition) is 7. The number of allylic oxidation sites excluding steroid dienone is 1. The quantitative estimate of drug-likeness (QED) is 0.290. The van der Waals surface area contributed by atoms with Crippen molar-refractivity contribution in [3.05, 3.63) is 23.3 Å². The van der Waals surface area contributed by atoms with E-state index in [0.717, 1.165) is 30.4 Å². The van der Waals surface area contributed by atoms with Crippen LogP contribution in [0.5, 0.6) is 0 Å². The monoisotopic (exact) mass is 432 g/mol. The molecule has 4 aliphatic rings. The SMILES string of the molecule is CC(=O)O[C@@H]1O[C@@H](OC(C)=O)[C@H]2CC[C@@H]3C(C)(C)[C@@H]4C[C@]23C1=C[C@@H]4OC(=O)C=C(C)C. The Morgan fingerprint density at radius 2 is 1.68 bits per heavy atom. The minimum absolute atomic E-state index is 0.0156. The second-order valence-electron chi connectivity index (χ2n) is 10.2. The lowest BCUT2D eigenvalue weighted by Crippen LogP contribution is -2.53. The molecular formula is C24H32O7. The molecule has 0 unspecified atom stereocenters. The number of esters is 3. The van der Waals surface area contributed by atoms with E-state index in [2.05, 4.69) is 13.8 Å². The van der Waals surface area contributed by atoms with Crippen LogP contribution in [0.15, 0.2) is 23.3 Å². The van der Waals surface area contributed by atoms with Crippen LogP contribution in [0.25, 0.3) is 0 Å². The van der Waals surface area contributed by atoms with E-state index in [-0.39, 0.29) is 34.6 Å². The Morgan fingerprint density at radius 3 is 2.29 bits per heavy atom. The maximum Gasteiger partial charge on any atom is 0.331 e. The third-order valence-electron chi connectivity index (χ3n) is 7.79. The molecule has 7 nitrogen and oxygen atoms in total. The Kier molecular flexibility index (Phi) is 5.31. The van der Waals surface area contributed by atoms with Gasteiger partial charge in [-0.2, -0.15) is 0 Å². The third-order valence-corrected chi connectivity index (χ3v) is 7.79. The molecule has 2 bridgehead atoms. The van der Waals surface area contributed by atoms with Crippen molar-refractivity contribution >= 4 is 17.9 Å². The Labute approximate surface area is 183 Å². The molecule has 1 saturated heterocycles. The summed E-state index contributed by atoms with van der Waals surface area (Å²) in [4.78, 5) is 36.1. The van der Waals surface area contributed by atoms with Crippen LogP contribution in [0.3, 0.4) is 0 Å². The van der Waals surface area contributed by atoms with Gasteiger partial charge in [0.25, 0.3) is 0 Å². The highest BCUT2D eigenvalue weighted by Gasteiger charge is 2.72. The van der Waals surface area contributed by atoms with Gasteiger partial charge in [0.05, 0.1) is 0 Å². The normalized spacial score (nSPS) is 39.1. The van der Waals surface area contributed by atoms with Crippen molar-refractivity contribution in [1.82, 2.24) is 0 Å². The van der Waals surface area contributed by atoms with Gasteiger partial charge in [0.15, 0.2) is 0 Å². The van der Waals surface area contributed by atoms with E-state index in [1.165, 1.54) is 19.9 Å². The second kappa shape index (κ2) is 7.47. The van der Waals surface area contributed by atoms with Gasteiger partial charge in [0.2, 0.25) is 12.6 Å². The van der Waals surface area contributed by atoms with Gasteiger partial charge in [-0.25, -0.2) is 4.79 Å². The fourth-order valence-corrected chi connectivity index (χ4v) is 6.86. The van der Waals surface area contributed by atoms with Gasteiger partial charge in [-0.1, -0.05) is 19.4 Å². The first kappa shape index (κ1) is 22.1. The predicted molar refractivity (Wildman–Crippen MR) is 110 cm³/mol. The third kappa shape index (κ3) is 3.41. The van der Waals surface area contributed by atoms with Crippen LogP contribution in [0.1, 0.15) is 60.8 Å². The van der Waals surface area contributed by atoms with Crippen LogP contribution in [-0.2, 0) is 33.3 Å². The fraction of sp³-hybridized carbons (Fsp3) is 0.708. The molecule has 0 N–H and O–H groups in total. The highest BCUT2D eigenvalue weighted by atomic mass is 16.8. The lowest BCUT2D eigenvalue weighted by atomic mass is 9.63. The summed E-state index contributed by atoms with van der Waals surface area (Å²) in [5.41, 5.74) is 1.32. The number of hydrogen-bond donors (Lipinski definition) is 0. The molecule has 31 heavy (non-hydrogen) atoms. The zero-order valence-electron chi connectivity index (χ0n) is 19.1. The molecular weight excluding hydrogens is 400 g/mol. The van der Waals surface area contributed by atoms with Crippen LogP contribution in [0.2, 0.25) is 0 Å². The van der Waals surface area contributed by atoms with Crippen LogP contribution >= 0.6 is 0 Å². The summed E-state index contributed by atoms with van der Waals surface area (Å²) in [6, 6.07) is 0. The Bertz CT molecular complexity index is 865. The van der Waals surface area contributed by atoms with Crippen molar-refractivity contribution in [2.24, 2.45) is 28.6 Å². The molecule has 0 aromatic heterocycles. The van der Waals surface area contributed by atoms with E-state index in [1.807, 2.05) is 19.9 Å². The largest absolute Gasteiger partial charge is 0.455 e. The van der Waals surface area contributed by atoms with Gasteiger partial charge >= 0.3 is 17.9 Å². The van der Waals surface area contributed by atoms with E-state index < -0.39 is 30.6 Å². The van der Waals surface area contributed by atoms with Crippen molar-refractivity contribution in [2.45, 2.75) is 79.5 Å². The van der Waals surface area contributed by atoms with E-state index in [9.17, 15) is 14.4 Å². The number of carbonyl (C=O) groups is 3. The van der Waals surface area contributed by atoms with Crippen LogP contribution in [0.4, 0.5) is 0 Å². The standard InChI is InChI=1S/C24H32O7/c1-12(2)9-20(27)30-18-10-16-22(29-14(4)26)31-21(28-13(3)25)15-7-8-19-23(5,6)17(18)11-24(15,16)19/h9-10,15,17-19,21-22H,7-8,11H2,1-6H3/t15-,17-,18+,19-,21-,22-,24-/m1/s1. The number of fused-ring (bicyclic) bond motifs is 1. The van der Waals surface area contributed by atoms with Gasteiger partial charge in [-0.3, -0.25) is 14.3 Å². The average molecular weight is 433 g/mol. The molecule has 4 rings (SSSR count). The predicted octanol–water partition coefficient (Wildman–Crippen LogP) is 3.67. The molecule has 1 heterocycles. The highest BCUT2D eigenvalue weighted by Crippen LogP contribution is 2.74. The highest BCUT2D eigenvalue weighted by molar-refractivity contribution is 5.83. The Hall–Kier alpha value is -2.15. The van der Waals surface area contributed by atoms with Crippen molar-refractivity contribution in [2.75, 3.05) is 0 Å².